The Morgan fingerprint density at radius 2 is 2.88 bits per heavy atom. The van der Waals surface area contributed by atoms with Gasteiger partial charge < -0.3 is 5.32 Å². The molecule has 0 aliphatic heterocycles. The van der Waals surface area contributed by atoms with Crippen molar-refractivity contribution in [1.29, 1.82) is 0 Å². The highest BCUT2D eigenvalue weighted by atomic mass is 32.1. The highest BCUT2D eigenvalue weighted by Crippen LogP contribution is 2.04. The van der Waals surface area contributed by atoms with E-state index in [1.807, 2.05) is 12.3 Å². The predicted molar refractivity (Wildman–Crippen MR) is 35.1 cm³/mol. The molecule has 8 heavy (non-hydrogen) atoms. The molecule has 0 unspecified atom stereocenters. The Balaban J connectivity index is 2.50. The molecule has 1 radical (unpaired) electrons. The highest BCUT2D eigenvalue weighted by molar-refractivity contribution is 7.07. The van der Waals surface area contributed by atoms with Crippen molar-refractivity contribution in [3.8, 4) is 0 Å². The Hall–Kier alpha value is -0.570. The van der Waals surface area contributed by atoms with E-state index in [1.165, 1.54) is 11.3 Å². The van der Waals surface area contributed by atoms with Gasteiger partial charge in [0.25, 0.3) is 0 Å². The van der Waals surface area contributed by atoms with Crippen molar-refractivity contribution in [2.24, 2.45) is 0 Å². The van der Waals surface area contributed by atoms with E-state index in [4.69, 9.17) is 0 Å². The van der Waals surface area contributed by atoms with E-state index in [9.17, 15) is 0 Å². The summed E-state index contributed by atoms with van der Waals surface area (Å²) >= 11 is 1.48. The number of anilines is 1. The fraction of sp³-hybridized carbons (Fsp3) is 0.400. The van der Waals surface area contributed by atoms with Crippen molar-refractivity contribution in [2.75, 3.05) is 11.9 Å². The van der Waals surface area contributed by atoms with Crippen LogP contribution >= 0.6 is 11.3 Å². The Kier molecular flexibility index (Phi) is 1.86. The third kappa shape index (κ3) is 1.20. The molecule has 0 amide bonds. The van der Waals surface area contributed by atoms with Gasteiger partial charge in [-0.1, -0.05) is 0 Å². The summed E-state index contributed by atoms with van der Waals surface area (Å²) in [6.07, 6.45) is 0. The second-order valence-electron chi connectivity index (χ2n) is 1.35. The summed E-state index contributed by atoms with van der Waals surface area (Å²) < 4.78 is 0. The van der Waals surface area contributed by atoms with Crippen LogP contribution in [-0.2, 0) is 0 Å². The Labute approximate surface area is 52.6 Å². The Morgan fingerprint density at radius 1 is 2.00 bits per heavy atom. The second-order valence-corrected chi connectivity index (χ2v) is 2.01. The number of thiazole rings is 1. The number of nitrogens with one attached hydrogen (secondary N) is 1. The van der Waals surface area contributed by atoms with Crippen LogP contribution < -0.4 is 5.32 Å². The monoisotopic (exact) mass is 127 g/mol. The van der Waals surface area contributed by atoms with Gasteiger partial charge in [0.2, 0.25) is 0 Å². The van der Waals surface area contributed by atoms with E-state index < -0.39 is 0 Å². The average molecular weight is 127 g/mol. The third-order valence-corrected chi connectivity index (χ3v) is 1.29. The van der Waals surface area contributed by atoms with Gasteiger partial charge in [0.15, 0.2) is 5.51 Å². The molecule has 0 aliphatic carbocycles. The quantitative estimate of drug-likeness (QED) is 0.649. The maximum absolute atomic E-state index is 3.89. The van der Waals surface area contributed by atoms with Crippen molar-refractivity contribution in [3.63, 3.8) is 0 Å². The molecule has 0 saturated carbocycles. The van der Waals surface area contributed by atoms with Crippen LogP contribution in [0.1, 0.15) is 6.92 Å². The van der Waals surface area contributed by atoms with Crippen molar-refractivity contribution >= 4 is 17.2 Å². The zero-order valence-electron chi connectivity index (χ0n) is 4.64. The van der Waals surface area contributed by atoms with Crippen LogP contribution in [0.15, 0.2) is 5.38 Å². The second kappa shape index (κ2) is 2.67. The standard InChI is InChI=1S/C5H7N2S/c1-2-6-5-3-8-4-7-5/h3,6H,2H2,1H3. The van der Waals surface area contributed by atoms with Gasteiger partial charge in [0, 0.05) is 11.9 Å². The predicted octanol–water partition coefficient (Wildman–Crippen LogP) is 1.38. The molecule has 1 aromatic rings. The van der Waals surface area contributed by atoms with Crippen molar-refractivity contribution in [3.05, 3.63) is 10.9 Å². The summed E-state index contributed by atoms with van der Waals surface area (Å²) in [5, 5.41) is 4.99. The molecule has 0 spiro atoms. The summed E-state index contributed by atoms with van der Waals surface area (Å²) in [5.41, 5.74) is 2.74. The van der Waals surface area contributed by atoms with Gasteiger partial charge in [0.05, 0.1) is 0 Å². The SMILES string of the molecule is CCNc1cs[c]n1. The molecule has 0 saturated heterocycles. The molecular formula is C5H7N2S. The van der Waals surface area contributed by atoms with Crippen LogP contribution in [0, 0.1) is 5.51 Å². The molecule has 0 fully saturated rings. The van der Waals surface area contributed by atoms with Gasteiger partial charge in [-0.05, 0) is 6.92 Å². The summed E-state index contributed by atoms with van der Waals surface area (Å²) in [5.74, 6) is 0.928. The van der Waals surface area contributed by atoms with Crippen molar-refractivity contribution in [2.45, 2.75) is 6.92 Å². The zero-order valence-corrected chi connectivity index (χ0v) is 5.46. The Bertz CT molecular complexity index is 136. The maximum Gasteiger partial charge on any atom is 0.154 e. The van der Waals surface area contributed by atoms with Gasteiger partial charge in [-0.2, -0.15) is 0 Å². The van der Waals surface area contributed by atoms with Gasteiger partial charge in [-0.3, -0.25) is 0 Å². The molecule has 1 rings (SSSR count). The lowest BCUT2D eigenvalue weighted by Crippen LogP contribution is -1.95. The minimum atomic E-state index is 0.928. The molecule has 43 valence electrons. The van der Waals surface area contributed by atoms with E-state index in [1.54, 1.807) is 0 Å². The van der Waals surface area contributed by atoms with Crippen LogP contribution in [0.4, 0.5) is 5.82 Å². The summed E-state index contributed by atoms with van der Waals surface area (Å²) in [6.45, 7) is 2.97. The van der Waals surface area contributed by atoms with E-state index in [0.717, 1.165) is 12.4 Å². The van der Waals surface area contributed by atoms with Gasteiger partial charge >= 0.3 is 0 Å². The lowest BCUT2D eigenvalue weighted by atomic mass is 10.7. The van der Waals surface area contributed by atoms with Crippen LogP contribution in [0.25, 0.3) is 0 Å². The van der Waals surface area contributed by atoms with Gasteiger partial charge in [-0.25, -0.2) is 4.98 Å². The smallest absolute Gasteiger partial charge is 0.154 e. The van der Waals surface area contributed by atoms with Crippen LogP contribution in [0.5, 0.6) is 0 Å². The minimum Gasteiger partial charge on any atom is -0.370 e. The first-order valence-electron chi connectivity index (χ1n) is 2.49. The van der Waals surface area contributed by atoms with Crippen LogP contribution in [-0.4, -0.2) is 11.5 Å². The van der Waals surface area contributed by atoms with E-state index in [-0.39, 0.29) is 0 Å². The molecule has 2 nitrogen and oxygen atoms in total. The summed E-state index contributed by atoms with van der Waals surface area (Å²) in [6, 6.07) is 0. The molecule has 0 bridgehead atoms. The van der Waals surface area contributed by atoms with Crippen LogP contribution in [0.3, 0.4) is 0 Å². The first-order valence-corrected chi connectivity index (χ1v) is 3.37. The molecule has 1 heterocycles. The number of hydrogen-bond donors (Lipinski definition) is 1. The molecule has 1 N–H and O–H groups in total. The fourth-order valence-corrected chi connectivity index (χ4v) is 0.898. The number of nitrogens with zero attached hydrogens (tertiary/aromatic N) is 1. The van der Waals surface area contributed by atoms with Gasteiger partial charge in [-0.15, -0.1) is 11.3 Å². The van der Waals surface area contributed by atoms with E-state index >= 15 is 0 Å². The van der Waals surface area contributed by atoms with Gasteiger partial charge in [0.1, 0.15) is 5.82 Å². The third-order valence-electron chi connectivity index (χ3n) is 0.747. The lowest BCUT2D eigenvalue weighted by molar-refractivity contribution is 1.18. The molecule has 0 aromatic carbocycles. The molecule has 3 heteroatoms. The minimum absolute atomic E-state index is 0.928. The topological polar surface area (TPSA) is 24.9 Å². The Morgan fingerprint density at radius 3 is 3.38 bits per heavy atom. The maximum atomic E-state index is 3.89. The molecule has 0 atom stereocenters. The van der Waals surface area contributed by atoms with E-state index in [2.05, 4.69) is 15.8 Å². The zero-order chi connectivity index (χ0) is 5.82. The lowest BCUT2D eigenvalue weighted by Gasteiger charge is -1.92. The first-order chi connectivity index (χ1) is 3.93. The molecule has 1 aromatic heterocycles. The first kappa shape index (κ1) is 5.56. The highest BCUT2D eigenvalue weighted by Gasteiger charge is 1.86. The molecular weight excluding hydrogens is 120 g/mol. The average Bonchev–Trinajstić information content (AvgIpc) is 2.19. The largest absolute Gasteiger partial charge is 0.370 e. The number of aromatic nitrogens is 1. The number of rotatable bonds is 2. The number of hydrogen-bond acceptors (Lipinski definition) is 3. The van der Waals surface area contributed by atoms with Crippen molar-refractivity contribution in [1.82, 2.24) is 4.98 Å². The van der Waals surface area contributed by atoms with Crippen LogP contribution in [0.2, 0.25) is 0 Å². The fourth-order valence-electron chi connectivity index (χ4n) is 0.446. The molecule has 0 aliphatic rings. The summed E-state index contributed by atoms with van der Waals surface area (Å²) in [7, 11) is 0. The normalized spacial score (nSPS) is 9.12. The summed E-state index contributed by atoms with van der Waals surface area (Å²) in [4.78, 5) is 3.89. The van der Waals surface area contributed by atoms with E-state index in [0.29, 0.717) is 0 Å². The van der Waals surface area contributed by atoms with Crippen molar-refractivity contribution < 1.29 is 0 Å².